The number of fused-ring (bicyclic) bond motifs is 1. The average Bonchev–Trinajstić information content (AvgIpc) is 3.07. The molecule has 0 radical (unpaired) electrons. The molecule has 1 aliphatic heterocycles. The van der Waals surface area contributed by atoms with E-state index in [1.54, 1.807) is 37.7 Å². The second-order valence-corrected chi connectivity index (χ2v) is 6.26. The van der Waals surface area contributed by atoms with Crippen LogP contribution in [0.25, 0.3) is 11.3 Å². The molecule has 28 heavy (non-hydrogen) atoms. The summed E-state index contributed by atoms with van der Waals surface area (Å²) in [5.41, 5.74) is 3.63. The summed E-state index contributed by atoms with van der Waals surface area (Å²) in [6.07, 6.45) is 3.90. The van der Waals surface area contributed by atoms with Crippen molar-refractivity contribution in [2.24, 2.45) is 0 Å². The third-order valence-corrected chi connectivity index (χ3v) is 4.67. The van der Waals surface area contributed by atoms with Gasteiger partial charge in [-0.3, -0.25) is 9.78 Å². The Bertz CT molecular complexity index is 1050. The van der Waals surface area contributed by atoms with Gasteiger partial charge in [-0.05, 0) is 18.2 Å². The summed E-state index contributed by atoms with van der Waals surface area (Å²) >= 11 is 0. The molecular formula is C20H19FN4O3. The number of hydrogen-bond acceptors (Lipinski definition) is 5. The Morgan fingerprint density at radius 1 is 1.21 bits per heavy atom. The van der Waals surface area contributed by atoms with Gasteiger partial charge in [-0.1, -0.05) is 6.07 Å². The lowest BCUT2D eigenvalue weighted by Crippen LogP contribution is -2.31. The Kier molecular flexibility index (Phi) is 4.60. The van der Waals surface area contributed by atoms with Crippen molar-refractivity contribution in [1.29, 1.82) is 0 Å². The zero-order valence-corrected chi connectivity index (χ0v) is 15.4. The Morgan fingerprint density at radius 3 is 2.86 bits per heavy atom. The molecule has 1 aromatic carbocycles. The maximum absolute atomic E-state index is 14.2. The minimum absolute atomic E-state index is 0.0707. The monoisotopic (exact) mass is 382 g/mol. The van der Waals surface area contributed by atoms with E-state index >= 15 is 0 Å². The largest absolute Gasteiger partial charge is 0.494 e. The molecule has 0 atom stereocenters. The maximum atomic E-state index is 14.2. The van der Waals surface area contributed by atoms with Crippen LogP contribution >= 0.6 is 0 Å². The number of ether oxygens (including phenoxy) is 2. The van der Waals surface area contributed by atoms with E-state index in [0.29, 0.717) is 41.3 Å². The molecule has 3 aromatic rings. The number of carbonyl (C=O) groups is 1. The highest BCUT2D eigenvalue weighted by atomic mass is 19.1. The highest BCUT2D eigenvalue weighted by Gasteiger charge is 2.28. The van der Waals surface area contributed by atoms with Gasteiger partial charge < -0.3 is 25.1 Å². The van der Waals surface area contributed by atoms with Gasteiger partial charge in [0.05, 0.1) is 43.0 Å². The van der Waals surface area contributed by atoms with Crippen LogP contribution in [0.3, 0.4) is 0 Å². The molecule has 0 saturated heterocycles. The Hall–Kier alpha value is -3.55. The van der Waals surface area contributed by atoms with Gasteiger partial charge in [-0.25, -0.2) is 4.39 Å². The lowest BCUT2D eigenvalue weighted by molar-refractivity contribution is 0.0947. The van der Waals surface area contributed by atoms with Crippen LogP contribution < -0.4 is 20.1 Å². The Balaban J connectivity index is 1.92. The normalized spacial score (nSPS) is 12.9. The SMILES string of the molecule is COc1cnccc1-c1[nH]c2c(c1Nc1cccc(F)c1OC)C(=O)NCC2. The number of halogens is 1. The molecule has 1 aliphatic rings. The molecule has 8 heteroatoms. The predicted molar refractivity (Wildman–Crippen MR) is 103 cm³/mol. The number of carbonyl (C=O) groups excluding carboxylic acids is 1. The minimum atomic E-state index is -0.496. The highest BCUT2D eigenvalue weighted by Crippen LogP contribution is 2.41. The molecule has 3 heterocycles. The first-order chi connectivity index (χ1) is 13.6. The maximum Gasteiger partial charge on any atom is 0.255 e. The van der Waals surface area contributed by atoms with Crippen LogP contribution in [0.2, 0.25) is 0 Å². The zero-order valence-electron chi connectivity index (χ0n) is 15.4. The average molecular weight is 382 g/mol. The van der Waals surface area contributed by atoms with E-state index in [-0.39, 0.29) is 11.7 Å². The third kappa shape index (κ3) is 2.92. The molecule has 3 N–H and O–H groups in total. The number of methoxy groups -OCH3 is 2. The van der Waals surface area contributed by atoms with E-state index in [4.69, 9.17) is 9.47 Å². The smallest absolute Gasteiger partial charge is 0.255 e. The van der Waals surface area contributed by atoms with Crippen LogP contribution in [0, 0.1) is 5.82 Å². The van der Waals surface area contributed by atoms with Gasteiger partial charge in [0, 0.05) is 30.4 Å². The fourth-order valence-electron chi connectivity index (χ4n) is 3.40. The number of amides is 1. The number of nitrogens with zero attached hydrogens (tertiary/aromatic N) is 1. The molecule has 1 amide bonds. The number of hydrogen-bond donors (Lipinski definition) is 3. The molecular weight excluding hydrogens is 363 g/mol. The summed E-state index contributed by atoms with van der Waals surface area (Å²) in [4.78, 5) is 20.0. The molecule has 0 saturated carbocycles. The van der Waals surface area contributed by atoms with Gasteiger partial charge in [0.1, 0.15) is 5.75 Å². The first-order valence-electron chi connectivity index (χ1n) is 8.75. The number of rotatable bonds is 5. The lowest BCUT2D eigenvalue weighted by atomic mass is 10.0. The van der Waals surface area contributed by atoms with Gasteiger partial charge in [0.15, 0.2) is 11.6 Å². The fourth-order valence-corrected chi connectivity index (χ4v) is 3.40. The van der Waals surface area contributed by atoms with Crippen LogP contribution in [0.4, 0.5) is 15.8 Å². The van der Waals surface area contributed by atoms with Crippen molar-refractivity contribution in [3.8, 4) is 22.8 Å². The highest BCUT2D eigenvalue weighted by molar-refractivity contribution is 6.06. The van der Waals surface area contributed by atoms with Gasteiger partial charge in [0.25, 0.3) is 5.91 Å². The summed E-state index contributed by atoms with van der Waals surface area (Å²) in [5, 5.41) is 6.04. The van der Waals surface area contributed by atoms with Crippen molar-refractivity contribution < 1.29 is 18.7 Å². The van der Waals surface area contributed by atoms with Gasteiger partial charge in [-0.2, -0.15) is 0 Å². The third-order valence-electron chi connectivity index (χ3n) is 4.67. The molecule has 7 nitrogen and oxygen atoms in total. The van der Waals surface area contributed by atoms with Crippen LogP contribution in [-0.2, 0) is 6.42 Å². The quantitative estimate of drug-likeness (QED) is 0.630. The number of anilines is 2. The Labute approximate surface area is 160 Å². The molecule has 0 unspecified atom stereocenters. The van der Waals surface area contributed by atoms with E-state index in [0.717, 1.165) is 11.3 Å². The van der Waals surface area contributed by atoms with E-state index < -0.39 is 5.82 Å². The van der Waals surface area contributed by atoms with E-state index in [1.807, 2.05) is 0 Å². The van der Waals surface area contributed by atoms with Crippen LogP contribution in [0.15, 0.2) is 36.7 Å². The molecule has 0 fully saturated rings. The molecule has 0 aliphatic carbocycles. The van der Waals surface area contributed by atoms with Gasteiger partial charge in [-0.15, -0.1) is 0 Å². The van der Waals surface area contributed by atoms with Crippen LogP contribution in [0.1, 0.15) is 16.1 Å². The van der Waals surface area contributed by atoms with Gasteiger partial charge >= 0.3 is 0 Å². The van der Waals surface area contributed by atoms with E-state index in [2.05, 4.69) is 20.6 Å². The standard InChI is InChI=1S/C20H19FN4O3/c1-27-15-10-22-8-6-11(15)17-18(16-13(24-17)7-9-23-20(16)26)25-14-5-3-4-12(21)19(14)28-2/h3-6,8,10,24-25H,7,9H2,1-2H3,(H,23,26). The van der Waals surface area contributed by atoms with Crippen molar-refractivity contribution in [3.05, 3.63) is 53.7 Å². The molecule has 144 valence electrons. The van der Waals surface area contributed by atoms with Crippen LogP contribution in [-0.4, -0.2) is 36.6 Å². The summed E-state index contributed by atoms with van der Waals surface area (Å²) in [5.74, 6) is -0.0730. The summed E-state index contributed by atoms with van der Waals surface area (Å²) in [6, 6.07) is 6.37. The number of aromatic nitrogens is 2. The number of H-pyrrole nitrogens is 1. The number of nitrogens with one attached hydrogen (secondary N) is 3. The van der Waals surface area contributed by atoms with Crippen molar-refractivity contribution in [1.82, 2.24) is 15.3 Å². The summed E-state index contributed by atoms with van der Waals surface area (Å²) in [6.45, 7) is 0.544. The topological polar surface area (TPSA) is 88.3 Å². The van der Waals surface area contributed by atoms with Crippen molar-refractivity contribution in [2.45, 2.75) is 6.42 Å². The van der Waals surface area contributed by atoms with Gasteiger partial charge in [0.2, 0.25) is 0 Å². The van der Waals surface area contributed by atoms with E-state index in [1.165, 1.54) is 13.2 Å². The minimum Gasteiger partial charge on any atom is -0.494 e. The van der Waals surface area contributed by atoms with Crippen molar-refractivity contribution in [3.63, 3.8) is 0 Å². The first kappa shape index (κ1) is 17.8. The molecule has 0 bridgehead atoms. The second kappa shape index (κ2) is 7.22. The summed E-state index contributed by atoms with van der Waals surface area (Å²) < 4.78 is 24.8. The molecule has 4 rings (SSSR count). The number of pyridine rings is 1. The first-order valence-corrected chi connectivity index (χ1v) is 8.75. The Morgan fingerprint density at radius 2 is 2.07 bits per heavy atom. The number of aromatic amines is 1. The van der Waals surface area contributed by atoms with Crippen molar-refractivity contribution >= 4 is 17.3 Å². The predicted octanol–water partition coefficient (Wildman–Crippen LogP) is 3.26. The van der Waals surface area contributed by atoms with Crippen molar-refractivity contribution in [2.75, 3.05) is 26.1 Å². The summed E-state index contributed by atoms with van der Waals surface area (Å²) in [7, 11) is 2.95. The lowest BCUT2D eigenvalue weighted by Gasteiger charge is -2.17. The zero-order chi connectivity index (χ0) is 19.7. The fraction of sp³-hybridized carbons (Fsp3) is 0.200. The molecule has 2 aromatic heterocycles. The van der Waals surface area contributed by atoms with Crippen LogP contribution in [0.5, 0.6) is 11.5 Å². The number of benzene rings is 1. The van der Waals surface area contributed by atoms with E-state index in [9.17, 15) is 9.18 Å². The molecule has 0 spiro atoms. The number of para-hydroxylation sites is 1. The second-order valence-electron chi connectivity index (χ2n) is 6.26.